The van der Waals surface area contributed by atoms with Crippen molar-refractivity contribution in [1.29, 1.82) is 0 Å². The second-order valence-electron chi connectivity index (χ2n) is 4.23. The third-order valence-electron chi connectivity index (χ3n) is 2.86. The van der Waals surface area contributed by atoms with Crippen molar-refractivity contribution in [2.45, 2.75) is 23.8 Å². The molecule has 0 saturated heterocycles. The van der Waals surface area contributed by atoms with Crippen LogP contribution in [0.2, 0.25) is 5.02 Å². The van der Waals surface area contributed by atoms with Crippen molar-refractivity contribution >= 4 is 37.2 Å². The van der Waals surface area contributed by atoms with Gasteiger partial charge in [-0.05, 0) is 31.0 Å². The van der Waals surface area contributed by atoms with E-state index in [9.17, 15) is 13.2 Å². The van der Waals surface area contributed by atoms with Gasteiger partial charge in [0.05, 0.1) is 5.02 Å². The quantitative estimate of drug-likeness (QED) is 0.806. The third kappa shape index (κ3) is 2.79. The second-order valence-corrected chi connectivity index (χ2v) is 7.17. The number of amides is 1. The Bertz CT molecular complexity index is 596. The topological polar surface area (TPSA) is 54.5 Å². The Labute approximate surface area is 115 Å². The van der Waals surface area contributed by atoms with E-state index in [1.165, 1.54) is 18.2 Å². The van der Waals surface area contributed by atoms with Crippen LogP contribution >= 0.6 is 22.3 Å². The molecule has 0 spiro atoms. The first kappa shape index (κ1) is 13.6. The zero-order valence-electron chi connectivity index (χ0n) is 9.56. The van der Waals surface area contributed by atoms with Gasteiger partial charge in [-0.2, -0.15) is 0 Å². The lowest BCUT2D eigenvalue weighted by Crippen LogP contribution is -2.28. The summed E-state index contributed by atoms with van der Waals surface area (Å²) in [5.74, 6) is -0.226. The average Bonchev–Trinajstić information content (AvgIpc) is 3.10. The Morgan fingerprint density at radius 3 is 2.50 bits per heavy atom. The van der Waals surface area contributed by atoms with Gasteiger partial charge in [0.1, 0.15) is 4.90 Å². The molecule has 98 valence electrons. The van der Waals surface area contributed by atoms with E-state index < -0.39 is 9.05 Å². The average molecular weight is 308 g/mol. The highest BCUT2D eigenvalue weighted by Gasteiger charge is 2.30. The normalized spacial score (nSPS) is 15.5. The van der Waals surface area contributed by atoms with Crippen LogP contribution in [0.25, 0.3) is 0 Å². The van der Waals surface area contributed by atoms with Crippen LogP contribution < -0.4 is 0 Å². The summed E-state index contributed by atoms with van der Waals surface area (Å²) >= 11 is 5.75. The maximum atomic E-state index is 12.1. The van der Waals surface area contributed by atoms with Gasteiger partial charge in [0.25, 0.3) is 15.0 Å². The summed E-state index contributed by atoms with van der Waals surface area (Å²) < 4.78 is 22.6. The van der Waals surface area contributed by atoms with Crippen LogP contribution in [-0.2, 0) is 9.05 Å². The fourth-order valence-corrected chi connectivity index (χ4v) is 3.15. The minimum atomic E-state index is -3.95. The van der Waals surface area contributed by atoms with Gasteiger partial charge < -0.3 is 4.90 Å². The molecular weight excluding hydrogens is 297 g/mol. The van der Waals surface area contributed by atoms with Gasteiger partial charge in [-0.15, -0.1) is 0 Å². The smallest absolute Gasteiger partial charge is 0.262 e. The highest BCUT2D eigenvalue weighted by molar-refractivity contribution is 8.13. The van der Waals surface area contributed by atoms with Crippen LogP contribution in [0.3, 0.4) is 0 Å². The van der Waals surface area contributed by atoms with Crippen molar-refractivity contribution in [2.24, 2.45) is 0 Å². The number of rotatable bonds is 3. The van der Waals surface area contributed by atoms with Crippen LogP contribution in [0.1, 0.15) is 23.2 Å². The maximum absolute atomic E-state index is 12.1. The molecule has 0 aliphatic heterocycles. The van der Waals surface area contributed by atoms with E-state index in [0.29, 0.717) is 0 Å². The summed E-state index contributed by atoms with van der Waals surface area (Å²) in [5.41, 5.74) is 0.271. The molecule has 0 unspecified atom stereocenters. The Morgan fingerprint density at radius 2 is 2.00 bits per heavy atom. The fraction of sp³-hybridized carbons (Fsp3) is 0.364. The number of halogens is 2. The molecule has 18 heavy (non-hydrogen) atoms. The Morgan fingerprint density at radius 1 is 1.39 bits per heavy atom. The fourth-order valence-electron chi connectivity index (χ4n) is 1.65. The van der Waals surface area contributed by atoms with Gasteiger partial charge in [-0.3, -0.25) is 4.79 Å². The van der Waals surface area contributed by atoms with Gasteiger partial charge in [0.15, 0.2) is 0 Å². The summed E-state index contributed by atoms with van der Waals surface area (Å²) in [7, 11) is 3.01. The number of hydrogen-bond donors (Lipinski definition) is 0. The SMILES string of the molecule is CN(C(=O)c1ccc(Cl)c(S(=O)(=O)Cl)c1)C1CC1. The van der Waals surface area contributed by atoms with Gasteiger partial charge in [-0.1, -0.05) is 11.6 Å². The molecule has 1 aliphatic carbocycles. The predicted molar refractivity (Wildman–Crippen MR) is 69.6 cm³/mol. The lowest BCUT2D eigenvalue weighted by atomic mass is 10.2. The van der Waals surface area contributed by atoms with E-state index in [2.05, 4.69) is 0 Å². The first-order valence-electron chi connectivity index (χ1n) is 5.32. The van der Waals surface area contributed by atoms with Gasteiger partial charge >= 0.3 is 0 Å². The molecular formula is C11H11Cl2NO3S. The lowest BCUT2D eigenvalue weighted by Gasteiger charge is -2.16. The summed E-state index contributed by atoms with van der Waals surface area (Å²) in [6.45, 7) is 0. The van der Waals surface area contributed by atoms with Crippen LogP contribution in [0.5, 0.6) is 0 Å². The summed E-state index contributed by atoms with van der Waals surface area (Å²) in [6.07, 6.45) is 1.97. The predicted octanol–water partition coefficient (Wildman–Crippen LogP) is 2.50. The molecule has 4 nitrogen and oxygen atoms in total. The first-order chi connectivity index (χ1) is 8.30. The molecule has 0 N–H and O–H groups in total. The summed E-state index contributed by atoms with van der Waals surface area (Å²) in [5, 5.41) is 0.00984. The number of hydrogen-bond acceptors (Lipinski definition) is 3. The van der Waals surface area contributed by atoms with Crippen LogP contribution in [0.15, 0.2) is 23.1 Å². The van der Waals surface area contributed by atoms with Crippen molar-refractivity contribution in [3.63, 3.8) is 0 Å². The number of benzene rings is 1. The number of carbonyl (C=O) groups excluding carboxylic acids is 1. The lowest BCUT2D eigenvalue weighted by molar-refractivity contribution is 0.0785. The van der Waals surface area contributed by atoms with Crippen molar-refractivity contribution in [3.05, 3.63) is 28.8 Å². The van der Waals surface area contributed by atoms with Gasteiger partial charge in [0.2, 0.25) is 0 Å². The number of carbonyl (C=O) groups is 1. The number of nitrogens with zero attached hydrogens (tertiary/aromatic N) is 1. The van der Waals surface area contributed by atoms with E-state index in [0.717, 1.165) is 12.8 Å². The Hall–Kier alpha value is -0.780. The van der Waals surface area contributed by atoms with Crippen molar-refractivity contribution in [3.8, 4) is 0 Å². The molecule has 0 aromatic heterocycles. The summed E-state index contributed by atoms with van der Waals surface area (Å²) in [4.78, 5) is 13.4. The largest absolute Gasteiger partial charge is 0.339 e. The van der Waals surface area contributed by atoms with E-state index in [1.807, 2.05) is 0 Å². The van der Waals surface area contributed by atoms with Crippen LogP contribution in [0.4, 0.5) is 0 Å². The van der Waals surface area contributed by atoms with E-state index in [1.54, 1.807) is 11.9 Å². The first-order valence-corrected chi connectivity index (χ1v) is 8.01. The molecule has 1 aromatic rings. The van der Waals surface area contributed by atoms with Crippen LogP contribution in [0, 0.1) is 0 Å². The molecule has 2 rings (SSSR count). The van der Waals surface area contributed by atoms with E-state index in [4.69, 9.17) is 22.3 Å². The molecule has 1 aromatic carbocycles. The standard InChI is InChI=1S/C11H11Cl2NO3S/c1-14(8-3-4-8)11(15)7-2-5-9(12)10(6-7)18(13,16)17/h2,5-6,8H,3-4H2,1H3. The molecule has 1 aliphatic rings. The Kier molecular flexibility index (Phi) is 3.58. The van der Waals surface area contributed by atoms with Crippen LogP contribution in [-0.4, -0.2) is 32.3 Å². The molecule has 1 fully saturated rings. The monoisotopic (exact) mass is 307 g/mol. The molecule has 0 radical (unpaired) electrons. The molecule has 0 heterocycles. The zero-order valence-corrected chi connectivity index (χ0v) is 11.9. The minimum Gasteiger partial charge on any atom is -0.339 e. The van der Waals surface area contributed by atoms with Gasteiger partial charge in [0, 0.05) is 29.3 Å². The van der Waals surface area contributed by atoms with E-state index in [-0.39, 0.29) is 27.4 Å². The zero-order chi connectivity index (χ0) is 13.5. The Balaban J connectivity index is 2.38. The third-order valence-corrected chi connectivity index (χ3v) is 4.66. The maximum Gasteiger partial charge on any atom is 0.262 e. The second kappa shape index (κ2) is 4.72. The van der Waals surface area contributed by atoms with Crippen molar-refractivity contribution < 1.29 is 13.2 Å². The molecule has 7 heteroatoms. The molecule has 1 amide bonds. The minimum absolute atomic E-state index is 0.00984. The highest BCUT2D eigenvalue weighted by Crippen LogP contribution is 2.29. The molecule has 0 bridgehead atoms. The highest BCUT2D eigenvalue weighted by atomic mass is 35.7. The molecule has 1 saturated carbocycles. The van der Waals surface area contributed by atoms with Gasteiger partial charge in [-0.25, -0.2) is 8.42 Å². The summed E-state index contributed by atoms with van der Waals surface area (Å²) in [6, 6.07) is 4.33. The van der Waals surface area contributed by atoms with Crippen molar-refractivity contribution in [2.75, 3.05) is 7.05 Å². The molecule has 0 atom stereocenters. The van der Waals surface area contributed by atoms with Crippen molar-refractivity contribution in [1.82, 2.24) is 4.90 Å². The van der Waals surface area contributed by atoms with E-state index >= 15 is 0 Å².